The molecular weight excluding hydrogens is 238 g/mol. The lowest BCUT2D eigenvalue weighted by molar-refractivity contribution is 0.282. The molecule has 0 fully saturated rings. The molecule has 0 aliphatic rings. The summed E-state index contributed by atoms with van der Waals surface area (Å²) in [5.41, 5.74) is 4.27. The minimum atomic E-state index is 0.0629. The van der Waals surface area contributed by atoms with Gasteiger partial charge in [-0.1, -0.05) is 24.3 Å². The van der Waals surface area contributed by atoms with E-state index in [9.17, 15) is 5.11 Å². The highest BCUT2D eigenvalue weighted by molar-refractivity contribution is 5.66. The van der Waals surface area contributed by atoms with Gasteiger partial charge in [0.15, 0.2) is 0 Å². The minimum absolute atomic E-state index is 0.0629. The second-order valence-electron chi connectivity index (χ2n) is 4.42. The topological polar surface area (TPSA) is 41.5 Å². The summed E-state index contributed by atoms with van der Waals surface area (Å²) < 4.78 is 5.35. The van der Waals surface area contributed by atoms with Crippen LogP contribution in [0.4, 0.5) is 0 Å². The Balaban J connectivity index is 2.41. The van der Waals surface area contributed by atoms with Crippen LogP contribution in [0.25, 0.3) is 11.1 Å². The summed E-state index contributed by atoms with van der Waals surface area (Å²) in [5.74, 6) is 0.886. The van der Waals surface area contributed by atoms with Crippen LogP contribution >= 0.6 is 0 Å². The molecule has 0 saturated heterocycles. The molecule has 0 amide bonds. The van der Waals surface area contributed by atoms with Gasteiger partial charge < -0.3 is 15.2 Å². The van der Waals surface area contributed by atoms with E-state index in [4.69, 9.17) is 4.74 Å². The third-order valence-corrected chi connectivity index (χ3v) is 3.09. The van der Waals surface area contributed by atoms with Gasteiger partial charge in [0.1, 0.15) is 5.75 Å². The van der Waals surface area contributed by atoms with Crippen molar-refractivity contribution in [3.63, 3.8) is 0 Å². The molecule has 0 atom stereocenters. The van der Waals surface area contributed by atoms with Gasteiger partial charge in [-0.2, -0.15) is 0 Å². The van der Waals surface area contributed by atoms with E-state index in [1.807, 2.05) is 43.4 Å². The molecule has 2 rings (SSSR count). The molecule has 0 spiro atoms. The van der Waals surface area contributed by atoms with Crippen LogP contribution in [0.5, 0.6) is 5.75 Å². The van der Waals surface area contributed by atoms with E-state index < -0.39 is 0 Å². The Morgan fingerprint density at radius 1 is 1.11 bits per heavy atom. The van der Waals surface area contributed by atoms with Crippen molar-refractivity contribution in [2.45, 2.75) is 13.2 Å². The van der Waals surface area contributed by atoms with Crippen molar-refractivity contribution in [1.82, 2.24) is 5.32 Å². The molecule has 100 valence electrons. The van der Waals surface area contributed by atoms with Gasteiger partial charge in [0.25, 0.3) is 0 Å². The second kappa shape index (κ2) is 6.36. The largest absolute Gasteiger partial charge is 0.496 e. The number of nitrogens with one attached hydrogen (secondary N) is 1. The summed E-state index contributed by atoms with van der Waals surface area (Å²) in [6, 6.07) is 14.1. The molecule has 0 radical (unpaired) electrons. The molecule has 2 aromatic rings. The van der Waals surface area contributed by atoms with Crippen molar-refractivity contribution in [1.29, 1.82) is 0 Å². The minimum Gasteiger partial charge on any atom is -0.496 e. The highest BCUT2D eigenvalue weighted by atomic mass is 16.5. The van der Waals surface area contributed by atoms with E-state index in [1.54, 1.807) is 7.11 Å². The van der Waals surface area contributed by atoms with Crippen LogP contribution in [0.3, 0.4) is 0 Å². The number of aliphatic hydroxyl groups excluding tert-OH is 1. The van der Waals surface area contributed by atoms with Gasteiger partial charge in [0.05, 0.1) is 13.7 Å². The van der Waals surface area contributed by atoms with Crippen molar-refractivity contribution in [2.75, 3.05) is 14.2 Å². The molecule has 0 bridgehead atoms. The molecule has 0 aliphatic heterocycles. The Kier molecular flexibility index (Phi) is 4.55. The fourth-order valence-electron chi connectivity index (χ4n) is 2.14. The molecule has 19 heavy (non-hydrogen) atoms. The SMILES string of the molecule is CNCc1cc(-c2cccc(CO)c2)ccc1OC. The quantitative estimate of drug-likeness (QED) is 0.865. The van der Waals surface area contributed by atoms with Crippen LogP contribution in [-0.2, 0) is 13.2 Å². The third-order valence-electron chi connectivity index (χ3n) is 3.09. The molecule has 2 N–H and O–H groups in total. The summed E-state index contributed by atoms with van der Waals surface area (Å²) in [4.78, 5) is 0. The molecule has 3 nitrogen and oxygen atoms in total. The average molecular weight is 257 g/mol. The summed E-state index contributed by atoms with van der Waals surface area (Å²) in [6.07, 6.45) is 0. The van der Waals surface area contributed by atoms with Gasteiger partial charge in [-0.25, -0.2) is 0 Å². The Bertz CT molecular complexity index is 552. The predicted molar refractivity (Wildman–Crippen MR) is 77.1 cm³/mol. The van der Waals surface area contributed by atoms with Gasteiger partial charge in [0.2, 0.25) is 0 Å². The van der Waals surface area contributed by atoms with E-state index in [0.717, 1.165) is 34.5 Å². The lowest BCUT2D eigenvalue weighted by Crippen LogP contribution is -2.06. The van der Waals surface area contributed by atoms with E-state index in [-0.39, 0.29) is 6.61 Å². The van der Waals surface area contributed by atoms with Gasteiger partial charge >= 0.3 is 0 Å². The van der Waals surface area contributed by atoms with Crippen molar-refractivity contribution in [3.8, 4) is 16.9 Å². The zero-order chi connectivity index (χ0) is 13.7. The lowest BCUT2D eigenvalue weighted by Gasteiger charge is -2.11. The van der Waals surface area contributed by atoms with Gasteiger partial charge in [-0.3, -0.25) is 0 Å². The Morgan fingerprint density at radius 2 is 1.89 bits per heavy atom. The molecule has 0 unspecified atom stereocenters. The maximum atomic E-state index is 9.20. The number of ether oxygens (including phenoxy) is 1. The molecule has 0 aromatic heterocycles. The van der Waals surface area contributed by atoms with Crippen molar-refractivity contribution in [2.24, 2.45) is 0 Å². The fraction of sp³-hybridized carbons (Fsp3) is 0.250. The molecule has 0 heterocycles. The van der Waals surface area contributed by atoms with Gasteiger partial charge in [-0.05, 0) is 41.9 Å². The Labute approximate surface area is 113 Å². The van der Waals surface area contributed by atoms with Crippen LogP contribution in [0, 0.1) is 0 Å². The maximum Gasteiger partial charge on any atom is 0.123 e. The summed E-state index contributed by atoms with van der Waals surface area (Å²) in [5, 5.41) is 12.3. The monoisotopic (exact) mass is 257 g/mol. The average Bonchev–Trinajstić information content (AvgIpc) is 2.47. The zero-order valence-electron chi connectivity index (χ0n) is 11.3. The highest BCUT2D eigenvalue weighted by Gasteiger charge is 2.05. The van der Waals surface area contributed by atoms with Gasteiger partial charge in [0, 0.05) is 12.1 Å². The fourth-order valence-corrected chi connectivity index (χ4v) is 2.14. The van der Waals surface area contributed by atoms with Gasteiger partial charge in [-0.15, -0.1) is 0 Å². The smallest absolute Gasteiger partial charge is 0.123 e. The predicted octanol–water partition coefficient (Wildman–Crippen LogP) is 2.57. The molecule has 2 aromatic carbocycles. The standard InChI is InChI=1S/C16H19NO2/c1-17-10-15-9-14(6-7-16(15)19-2)13-5-3-4-12(8-13)11-18/h3-9,17-18H,10-11H2,1-2H3. The van der Waals surface area contributed by atoms with Crippen LogP contribution < -0.4 is 10.1 Å². The Hall–Kier alpha value is -1.84. The first kappa shape index (κ1) is 13.6. The number of methoxy groups -OCH3 is 1. The molecule has 3 heteroatoms. The first-order valence-corrected chi connectivity index (χ1v) is 6.30. The number of hydrogen-bond acceptors (Lipinski definition) is 3. The number of aliphatic hydroxyl groups is 1. The Morgan fingerprint density at radius 3 is 2.58 bits per heavy atom. The maximum absolute atomic E-state index is 9.20. The number of benzene rings is 2. The normalized spacial score (nSPS) is 10.5. The second-order valence-corrected chi connectivity index (χ2v) is 4.42. The zero-order valence-corrected chi connectivity index (χ0v) is 11.3. The van der Waals surface area contributed by atoms with Crippen molar-refractivity contribution < 1.29 is 9.84 Å². The van der Waals surface area contributed by atoms with E-state index in [0.29, 0.717) is 0 Å². The molecule has 0 aliphatic carbocycles. The van der Waals surface area contributed by atoms with Crippen molar-refractivity contribution >= 4 is 0 Å². The lowest BCUT2D eigenvalue weighted by atomic mass is 10.0. The van der Waals surface area contributed by atoms with E-state index >= 15 is 0 Å². The van der Waals surface area contributed by atoms with E-state index in [2.05, 4.69) is 11.4 Å². The molecular formula is C16H19NO2. The first-order chi connectivity index (χ1) is 9.28. The van der Waals surface area contributed by atoms with Crippen LogP contribution in [0.1, 0.15) is 11.1 Å². The van der Waals surface area contributed by atoms with Crippen LogP contribution in [0.2, 0.25) is 0 Å². The number of rotatable bonds is 5. The molecule has 0 saturated carbocycles. The summed E-state index contributed by atoms with van der Waals surface area (Å²) >= 11 is 0. The number of hydrogen-bond donors (Lipinski definition) is 2. The summed E-state index contributed by atoms with van der Waals surface area (Å²) in [6.45, 7) is 0.823. The van der Waals surface area contributed by atoms with Crippen molar-refractivity contribution in [3.05, 3.63) is 53.6 Å². The summed E-state index contributed by atoms with van der Waals surface area (Å²) in [7, 11) is 3.60. The first-order valence-electron chi connectivity index (χ1n) is 6.30. The van der Waals surface area contributed by atoms with Crippen LogP contribution in [-0.4, -0.2) is 19.3 Å². The highest BCUT2D eigenvalue weighted by Crippen LogP contribution is 2.27. The van der Waals surface area contributed by atoms with E-state index in [1.165, 1.54) is 0 Å². The third kappa shape index (κ3) is 3.13. The van der Waals surface area contributed by atoms with Crippen LogP contribution in [0.15, 0.2) is 42.5 Å².